The average molecular weight is 423 g/mol. The predicted octanol–water partition coefficient (Wildman–Crippen LogP) is 3.21. The zero-order valence-electron chi connectivity index (χ0n) is 18.6. The first kappa shape index (κ1) is 19.6. The van der Waals surface area contributed by atoms with Crippen LogP contribution < -0.4 is 11.5 Å². The first-order valence-corrected chi connectivity index (χ1v) is 10.9. The van der Waals surface area contributed by atoms with Crippen LogP contribution in [0, 0.1) is 0 Å². The summed E-state index contributed by atoms with van der Waals surface area (Å²) < 4.78 is 24.4. The highest BCUT2D eigenvalue weighted by molar-refractivity contribution is 5.66. The Morgan fingerprint density at radius 1 is 0.677 bits per heavy atom. The van der Waals surface area contributed by atoms with Gasteiger partial charge in [-0.05, 0) is 62.6 Å². The van der Waals surface area contributed by atoms with E-state index in [1.807, 2.05) is 18.2 Å². The Hall–Kier alpha value is -2.12. The summed E-state index contributed by atoms with van der Waals surface area (Å²) in [5.74, 6) is 0. The zero-order chi connectivity index (χ0) is 21.9. The molecule has 0 amide bonds. The topological polar surface area (TPSA) is 102 Å². The molecule has 0 radical (unpaired) electrons. The highest BCUT2D eigenvalue weighted by Gasteiger charge is 2.74. The maximum atomic E-state index is 6.58. The Bertz CT molecular complexity index is 1060. The van der Waals surface area contributed by atoms with Crippen molar-refractivity contribution in [1.82, 2.24) is 0 Å². The second-order valence-electron chi connectivity index (χ2n) is 10.4. The third-order valence-electron chi connectivity index (χ3n) is 7.94. The summed E-state index contributed by atoms with van der Waals surface area (Å²) in [7, 11) is 0. The Morgan fingerprint density at radius 2 is 1.16 bits per heavy atom. The quantitative estimate of drug-likeness (QED) is 0.547. The fraction of sp³-hybridized carbons (Fsp3) is 0.520. The molecule has 4 aliphatic heterocycles. The van der Waals surface area contributed by atoms with E-state index in [0.717, 1.165) is 33.6 Å². The van der Waals surface area contributed by atoms with Crippen LogP contribution in [0.1, 0.15) is 49.9 Å². The molecule has 4 saturated heterocycles. The van der Waals surface area contributed by atoms with Crippen LogP contribution in [0.3, 0.4) is 0 Å². The fourth-order valence-electron chi connectivity index (χ4n) is 5.83. The van der Waals surface area contributed by atoms with Crippen LogP contribution in [-0.4, -0.2) is 37.6 Å². The van der Waals surface area contributed by atoms with Crippen molar-refractivity contribution in [3.63, 3.8) is 0 Å². The minimum absolute atomic E-state index is 0.395. The van der Waals surface area contributed by atoms with E-state index in [-0.39, 0.29) is 0 Å². The molecule has 0 saturated carbocycles. The van der Waals surface area contributed by atoms with Crippen molar-refractivity contribution < 1.29 is 18.9 Å². The van der Waals surface area contributed by atoms with Gasteiger partial charge in [-0.25, -0.2) is 0 Å². The lowest BCUT2D eigenvalue weighted by Crippen LogP contribution is -2.54. The van der Waals surface area contributed by atoms with Gasteiger partial charge in [0.25, 0.3) is 0 Å². The standard InChI is InChI=1S/C25H30N2O4/c1-21(11-28-21)19-17(9-10-18(27)20(19)22(2)12-29-22)25(23(3)13-30-23,24(4)14-31-24)15-5-7-16(26)8-6-15/h5-10H,11-14,26-27H2,1-4H3. The molecule has 164 valence electrons. The first-order chi connectivity index (χ1) is 14.6. The summed E-state index contributed by atoms with van der Waals surface area (Å²) in [5, 5.41) is 0. The second-order valence-corrected chi connectivity index (χ2v) is 10.4. The minimum Gasteiger partial charge on any atom is -0.399 e. The lowest BCUT2D eigenvalue weighted by Gasteiger charge is -2.44. The van der Waals surface area contributed by atoms with Crippen molar-refractivity contribution in [3.8, 4) is 0 Å². The van der Waals surface area contributed by atoms with Gasteiger partial charge in [0.2, 0.25) is 0 Å². The van der Waals surface area contributed by atoms with Gasteiger partial charge >= 0.3 is 0 Å². The molecule has 6 heteroatoms. The van der Waals surface area contributed by atoms with Crippen LogP contribution >= 0.6 is 0 Å². The summed E-state index contributed by atoms with van der Waals surface area (Å²) >= 11 is 0. The molecule has 0 aromatic heterocycles. The largest absolute Gasteiger partial charge is 0.399 e. The molecule has 0 spiro atoms. The zero-order valence-corrected chi connectivity index (χ0v) is 18.6. The average Bonchev–Trinajstić information content (AvgIpc) is 3.51. The second kappa shape index (κ2) is 5.62. The maximum Gasteiger partial charge on any atom is 0.116 e. The van der Waals surface area contributed by atoms with Gasteiger partial charge in [-0.1, -0.05) is 18.2 Å². The van der Waals surface area contributed by atoms with E-state index in [1.165, 1.54) is 0 Å². The van der Waals surface area contributed by atoms with Gasteiger partial charge in [0.05, 0.1) is 31.8 Å². The van der Waals surface area contributed by atoms with Crippen molar-refractivity contribution in [2.45, 2.75) is 55.5 Å². The summed E-state index contributed by atoms with van der Waals surface area (Å²) in [5.41, 5.74) is 16.4. The molecule has 6 nitrogen and oxygen atoms in total. The predicted molar refractivity (Wildman–Crippen MR) is 118 cm³/mol. The number of hydrogen-bond acceptors (Lipinski definition) is 6. The number of rotatable bonds is 6. The molecule has 4 heterocycles. The van der Waals surface area contributed by atoms with Crippen molar-refractivity contribution in [1.29, 1.82) is 0 Å². The molecule has 2 aromatic carbocycles. The van der Waals surface area contributed by atoms with E-state index in [4.69, 9.17) is 30.4 Å². The molecule has 4 N–H and O–H groups in total. The number of ether oxygens (including phenoxy) is 4. The van der Waals surface area contributed by atoms with Gasteiger partial charge in [-0.2, -0.15) is 0 Å². The van der Waals surface area contributed by atoms with Crippen LogP contribution in [0.4, 0.5) is 11.4 Å². The molecule has 4 atom stereocenters. The van der Waals surface area contributed by atoms with E-state index < -0.39 is 27.8 Å². The van der Waals surface area contributed by atoms with E-state index in [0.29, 0.717) is 26.4 Å². The highest BCUT2D eigenvalue weighted by atomic mass is 16.6. The van der Waals surface area contributed by atoms with Crippen LogP contribution in [0.15, 0.2) is 36.4 Å². The van der Waals surface area contributed by atoms with E-state index in [1.54, 1.807) is 0 Å². The van der Waals surface area contributed by atoms with E-state index in [2.05, 4.69) is 45.9 Å². The number of epoxide rings is 4. The maximum absolute atomic E-state index is 6.58. The Morgan fingerprint density at radius 3 is 1.61 bits per heavy atom. The highest BCUT2D eigenvalue weighted by Crippen LogP contribution is 2.65. The monoisotopic (exact) mass is 422 g/mol. The molecule has 4 fully saturated rings. The van der Waals surface area contributed by atoms with Crippen LogP contribution in [-0.2, 0) is 35.6 Å². The molecule has 2 aromatic rings. The molecule has 6 rings (SSSR count). The SMILES string of the molecule is CC1(c2c(N)ccc(C(c3ccc(N)cc3)(C3(C)CO3)C3(C)CO3)c2C2(C)CO2)CO1. The summed E-state index contributed by atoms with van der Waals surface area (Å²) in [6.45, 7) is 11.2. The van der Waals surface area contributed by atoms with Crippen molar-refractivity contribution in [2.24, 2.45) is 0 Å². The Kier molecular flexibility index (Phi) is 3.54. The molecule has 4 aliphatic rings. The molecule has 4 unspecified atom stereocenters. The van der Waals surface area contributed by atoms with E-state index in [9.17, 15) is 0 Å². The van der Waals surface area contributed by atoms with Crippen molar-refractivity contribution in [2.75, 3.05) is 37.9 Å². The molecule has 31 heavy (non-hydrogen) atoms. The first-order valence-electron chi connectivity index (χ1n) is 10.9. The molecule has 0 aliphatic carbocycles. The van der Waals surface area contributed by atoms with Crippen molar-refractivity contribution >= 4 is 11.4 Å². The van der Waals surface area contributed by atoms with E-state index >= 15 is 0 Å². The number of nitrogen functional groups attached to an aromatic ring is 2. The smallest absolute Gasteiger partial charge is 0.116 e. The number of hydrogen-bond donors (Lipinski definition) is 2. The van der Waals surface area contributed by atoms with Crippen LogP contribution in [0.25, 0.3) is 0 Å². The van der Waals surface area contributed by atoms with Gasteiger partial charge in [0.1, 0.15) is 22.4 Å². The molecular weight excluding hydrogens is 392 g/mol. The van der Waals surface area contributed by atoms with Gasteiger partial charge in [-0.15, -0.1) is 0 Å². The number of anilines is 2. The molecule has 0 bridgehead atoms. The van der Waals surface area contributed by atoms with Gasteiger partial charge < -0.3 is 30.4 Å². The third kappa shape index (κ3) is 2.47. The summed E-state index contributed by atoms with van der Waals surface area (Å²) in [6, 6.07) is 12.3. The van der Waals surface area contributed by atoms with Gasteiger partial charge in [0, 0.05) is 16.9 Å². The number of nitrogens with two attached hydrogens (primary N) is 2. The lowest BCUT2D eigenvalue weighted by atomic mass is 9.57. The van der Waals surface area contributed by atoms with Crippen LogP contribution in [0.2, 0.25) is 0 Å². The Balaban J connectivity index is 1.72. The minimum atomic E-state index is -0.550. The van der Waals surface area contributed by atoms with Crippen molar-refractivity contribution in [3.05, 3.63) is 58.7 Å². The van der Waals surface area contributed by atoms with Gasteiger partial charge in [-0.3, -0.25) is 0 Å². The Labute approximate surface area is 182 Å². The number of benzene rings is 2. The van der Waals surface area contributed by atoms with Gasteiger partial charge in [0.15, 0.2) is 0 Å². The fourth-order valence-corrected chi connectivity index (χ4v) is 5.83. The molecular formula is C25H30N2O4. The summed E-state index contributed by atoms with van der Waals surface area (Å²) in [4.78, 5) is 0. The third-order valence-corrected chi connectivity index (χ3v) is 7.94. The lowest BCUT2D eigenvalue weighted by molar-refractivity contribution is 0.128. The normalized spacial score (nSPS) is 39.6. The summed E-state index contributed by atoms with van der Waals surface area (Å²) in [6.07, 6.45) is 0. The van der Waals surface area contributed by atoms with Crippen LogP contribution in [0.5, 0.6) is 0 Å².